The molecule has 182 valence electrons. The summed E-state index contributed by atoms with van der Waals surface area (Å²) < 4.78 is 32.6. The molecule has 9 nitrogen and oxygen atoms in total. The van der Waals surface area contributed by atoms with Gasteiger partial charge in [0.25, 0.3) is 5.91 Å². The van der Waals surface area contributed by atoms with E-state index < -0.39 is 10.0 Å². The van der Waals surface area contributed by atoms with Crippen molar-refractivity contribution in [2.24, 2.45) is 0 Å². The lowest BCUT2D eigenvalue weighted by molar-refractivity contribution is -0.117. The zero-order valence-corrected chi connectivity index (χ0v) is 20.1. The van der Waals surface area contributed by atoms with Crippen LogP contribution in [0, 0.1) is 6.92 Å². The summed E-state index contributed by atoms with van der Waals surface area (Å²) in [5.74, 6) is -0.217. The molecule has 10 heteroatoms. The van der Waals surface area contributed by atoms with E-state index in [4.69, 9.17) is 4.74 Å². The maximum absolute atomic E-state index is 13.0. The Bertz CT molecular complexity index is 1130. The number of aryl methyl sites for hydroxylation is 1. The van der Waals surface area contributed by atoms with Gasteiger partial charge in [0.2, 0.25) is 15.9 Å². The van der Waals surface area contributed by atoms with Crippen molar-refractivity contribution in [3.05, 3.63) is 59.7 Å². The minimum atomic E-state index is -3.65. The molecule has 2 heterocycles. The van der Waals surface area contributed by atoms with E-state index in [0.29, 0.717) is 63.7 Å². The van der Waals surface area contributed by atoms with Crippen LogP contribution in [-0.2, 0) is 19.6 Å². The van der Waals surface area contributed by atoms with Gasteiger partial charge in [-0.15, -0.1) is 0 Å². The molecule has 2 aromatic carbocycles. The van der Waals surface area contributed by atoms with Crippen LogP contribution < -0.4 is 5.32 Å². The van der Waals surface area contributed by atoms with Gasteiger partial charge in [0.15, 0.2) is 0 Å². The molecule has 0 spiro atoms. The van der Waals surface area contributed by atoms with Crippen LogP contribution in [0.3, 0.4) is 0 Å². The second-order valence-electron chi connectivity index (χ2n) is 8.48. The van der Waals surface area contributed by atoms with Crippen LogP contribution >= 0.6 is 0 Å². The average Bonchev–Trinajstić information content (AvgIpc) is 2.86. The molecule has 2 fully saturated rings. The number of nitrogens with one attached hydrogen (secondary N) is 1. The van der Waals surface area contributed by atoms with Gasteiger partial charge in [0.1, 0.15) is 0 Å². The van der Waals surface area contributed by atoms with Gasteiger partial charge < -0.3 is 15.0 Å². The number of carbonyl (C=O) groups excluding carboxylic acids is 2. The topological polar surface area (TPSA) is 99.3 Å². The summed E-state index contributed by atoms with van der Waals surface area (Å²) in [6.45, 7) is 5.67. The molecule has 4 rings (SSSR count). The van der Waals surface area contributed by atoms with Crippen LogP contribution in [0.5, 0.6) is 0 Å². The quantitative estimate of drug-likeness (QED) is 0.663. The van der Waals surface area contributed by atoms with Gasteiger partial charge in [0, 0.05) is 50.5 Å². The lowest BCUT2D eigenvalue weighted by Gasteiger charge is -2.34. The summed E-state index contributed by atoms with van der Waals surface area (Å²) in [5, 5.41) is 2.86. The summed E-state index contributed by atoms with van der Waals surface area (Å²) in [6.07, 6.45) is 0. The Morgan fingerprint density at radius 2 is 1.62 bits per heavy atom. The Balaban J connectivity index is 1.34. The highest BCUT2D eigenvalue weighted by Gasteiger charge is 2.27. The molecule has 2 saturated heterocycles. The molecule has 34 heavy (non-hydrogen) atoms. The van der Waals surface area contributed by atoms with Crippen LogP contribution in [-0.4, -0.2) is 93.4 Å². The molecule has 1 N–H and O–H groups in total. The second kappa shape index (κ2) is 10.6. The minimum Gasteiger partial charge on any atom is -0.379 e. The first kappa shape index (κ1) is 24.3. The standard InChI is InChI=1S/C24H30N4O5S/c1-19-7-8-21(34(31,32)28-13-15-33-16-14-28)17-22(19)25-23(29)18-26-9-11-27(12-10-26)24(30)20-5-3-2-4-6-20/h2-8,17H,9-16,18H2,1H3,(H,25,29). The van der Waals surface area contributed by atoms with Gasteiger partial charge in [-0.2, -0.15) is 4.31 Å². The molecule has 0 bridgehead atoms. The molecule has 0 radical (unpaired) electrons. The zero-order chi connectivity index (χ0) is 24.1. The molecule has 0 unspecified atom stereocenters. The number of rotatable bonds is 6. The number of amides is 2. The van der Waals surface area contributed by atoms with E-state index in [1.54, 1.807) is 29.2 Å². The van der Waals surface area contributed by atoms with Gasteiger partial charge in [-0.05, 0) is 36.8 Å². The fourth-order valence-corrected chi connectivity index (χ4v) is 5.53. The lowest BCUT2D eigenvalue weighted by atomic mass is 10.2. The molecular weight excluding hydrogens is 456 g/mol. The van der Waals surface area contributed by atoms with Crippen LogP contribution in [0.4, 0.5) is 5.69 Å². The molecule has 2 amide bonds. The smallest absolute Gasteiger partial charge is 0.253 e. The van der Waals surface area contributed by atoms with Crippen LogP contribution in [0.25, 0.3) is 0 Å². The van der Waals surface area contributed by atoms with Crippen LogP contribution in [0.2, 0.25) is 0 Å². The molecule has 2 aliphatic heterocycles. The number of benzene rings is 2. The van der Waals surface area contributed by atoms with Gasteiger partial charge in [-0.3, -0.25) is 14.5 Å². The third-order valence-corrected chi connectivity index (χ3v) is 8.03. The van der Waals surface area contributed by atoms with Gasteiger partial charge in [-0.1, -0.05) is 24.3 Å². The number of hydrogen-bond acceptors (Lipinski definition) is 6. The van der Waals surface area contributed by atoms with Crippen molar-refractivity contribution in [3.63, 3.8) is 0 Å². The van der Waals surface area contributed by atoms with Crippen molar-refractivity contribution in [3.8, 4) is 0 Å². The van der Waals surface area contributed by atoms with Crippen LogP contribution in [0.15, 0.2) is 53.4 Å². The highest BCUT2D eigenvalue weighted by molar-refractivity contribution is 7.89. The highest BCUT2D eigenvalue weighted by Crippen LogP contribution is 2.24. The third kappa shape index (κ3) is 5.64. The number of ether oxygens (including phenoxy) is 1. The average molecular weight is 487 g/mol. The lowest BCUT2D eigenvalue weighted by Crippen LogP contribution is -2.50. The summed E-state index contributed by atoms with van der Waals surface area (Å²) in [7, 11) is -3.65. The Morgan fingerprint density at radius 3 is 2.29 bits per heavy atom. The summed E-state index contributed by atoms with van der Waals surface area (Å²) >= 11 is 0. The molecule has 0 aliphatic carbocycles. The first-order valence-corrected chi connectivity index (χ1v) is 12.8. The number of nitrogens with zero attached hydrogens (tertiary/aromatic N) is 3. The first-order valence-electron chi connectivity index (χ1n) is 11.4. The Labute approximate surface area is 200 Å². The summed E-state index contributed by atoms with van der Waals surface area (Å²) in [6, 6.07) is 14.0. The number of sulfonamides is 1. The molecule has 0 aromatic heterocycles. The number of anilines is 1. The van der Waals surface area contributed by atoms with Crippen molar-refractivity contribution in [2.45, 2.75) is 11.8 Å². The van der Waals surface area contributed by atoms with Gasteiger partial charge in [-0.25, -0.2) is 8.42 Å². The first-order chi connectivity index (χ1) is 16.3. The molecule has 0 saturated carbocycles. The number of piperazine rings is 1. The van der Waals surface area contributed by atoms with E-state index in [-0.39, 0.29) is 23.3 Å². The minimum absolute atomic E-state index is 0.00128. The summed E-state index contributed by atoms with van der Waals surface area (Å²) in [4.78, 5) is 29.3. The molecule has 2 aliphatic rings. The van der Waals surface area contributed by atoms with E-state index in [1.807, 2.05) is 30.0 Å². The van der Waals surface area contributed by atoms with Gasteiger partial charge >= 0.3 is 0 Å². The van der Waals surface area contributed by atoms with Crippen molar-refractivity contribution in [1.29, 1.82) is 0 Å². The number of morpholine rings is 1. The van der Waals surface area contributed by atoms with Crippen molar-refractivity contribution < 1.29 is 22.7 Å². The van der Waals surface area contributed by atoms with E-state index in [0.717, 1.165) is 5.56 Å². The highest BCUT2D eigenvalue weighted by atomic mass is 32.2. The predicted molar refractivity (Wildman–Crippen MR) is 128 cm³/mol. The van der Waals surface area contributed by atoms with Crippen molar-refractivity contribution >= 4 is 27.5 Å². The number of carbonyl (C=O) groups is 2. The predicted octanol–water partition coefficient (Wildman–Crippen LogP) is 1.41. The van der Waals surface area contributed by atoms with Crippen molar-refractivity contribution in [1.82, 2.24) is 14.1 Å². The monoisotopic (exact) mass is 486 g/mol. The third-order valence-electron chi connectivity index (χ3n) is 6.14. The van der Waals surface area contributed by atoms with E-state index in [9.17, 15) is 18.0 Å². The zero-order valence-electron chi connectivity index (χ0n) is 19.3. The molecule has 0 atom stereocenters. The van der Waals surface area contributed by atoms with E-state index >= 15 is 0 Å². The second-order valence-corrected chi connectivity index (χ2v) is 10.4. The SMILES string of the molecule is Cc1ccc(S(=O)(=O)N2CCOCC2)cc1NC(=O)CN1CCN(C(=O)c2ccccc2)CC1. The maximum atomic E-state index is 13.0. The van der Waals surface area contributed by atoms with E-state index in [1.165, 1.54) is 10.4 Å². The maximum Gasteiger partial charge on any atom is 0.253 e. The normalized spacial score (nSPS) is 18.0. The van der Waals surface area contributed by atoms with Crippen LogP contribution in [0.1, 0.15) is 15.9 Å². The number of hydrogen-bond donors (Lipinski definition) is 1. The molecule has 2 aromatic rings. The Kier molecular flexibility index (Phi) is 7.62. The molecular formula is C24H30N4O5S. The van der Waals surface area contributed by atoms with Gasteiger partial charge in [0.05, 0.1) is 24.7 Å². The summed E-state index contributed by atoms with van der Waals surface area (Å²) in [5.41, 5.74) is 1.93. The fraction of sp³-hybridized carbons (Fsp3) is 0.417. The Morgan fingerprint density at radius 1 is 0.941 bits per heavy atom. The Hall–Kier alpha value is -2.79. The van der Waals surface area contributed by atoms with E-state index in [2.05, 4.69) is 5.32 Å². The largest absolute Gasteiger partial charge is 0.379 e. The van der Waals surface area contributed by atoms with Crippen molar-refractivity contribution in [2.75, 3.05) is 64.3 Å². The fourth-order valence-electron chi connectivity index (χ4n) is 4.10.